The van der Waals surface area contributed by atoms with Gasteiger partial charge in [0.1, 0.15) is 11.5 Å². The van der Waals surface area contributed by atoms with E-state index < -0.39 is 9.84 Å². The summed E-state index contributed by atoms with van der Waals surface area (Å²) >= 11 is 0. The molecule has 8 heteroatoms. The van der Waals surface area contributed by atoms with Crippen LogP contribution >= 0.6 is 0 Å². The highest BCUT2D eigenvalue weighted by Crippen LogP contribution is 2.27. The molecule has 1 saturated heterocycles. The Hall–Kier alpha value is -2.32. The van der Waals surface area contributed by atoms with E-state index in [4.69, 9.17) is 9.41 Å². The largest absolute Gasteiger partial charge is 0.465 e. The number of furan rings is 1. The van der Waals surface area contributed by atoms with Gasteiger partial charge in [-0.05, 0) is 76.0 Å². The summed E-state index contributed by atoms with van der Waals surface area (Å²) in [5.41, 5.74) is 1.08. The van der Waals surface area contributed by atoms with Crippen LogP contribution in [0.4, 0.5) is 0 Å². The van der Waals surface area contributed by atoms with Crippen LogP contribution in [0.5, 0.6) is 0 Å². The van der Waals surface area contributed by atoms with Gasteiger partial charge in [-0.2, -0.15) is 0 Å². The number of hydrogen-bond donors (Lipinski definition) is 2. The minimum Gasteiger partial charge on any atom is -0.465 e. The van der Waals surface area contributed by atoms with Gasteiger partial charge in [0.05, 0.1) is 17.5 Å². The number of aliphatic imine (C=N–C) groups is 1. The van der Waals surface area contributed by atoms with Crippen molar-refractivity contribution in [3.05, 3.63) is 53.5 Å². The molecule has 1 atom stereocenters. The molecule has 7 nitrogen and oxygen atoms in total. The average Bonchev–Trinajstić information content (AvgIpc) is 3.40. The Labute approximate surface area is 185 Å². The summed E-state index contributed by atoms with van der Waals surface area (Å²) in [7, 11) is -3.16. The van der Waals surface area contributed by atoms with E-state index in [0.29, 0.717) is 18.0 Å². The van der Waals surface area contributed by atoms with Gasteiger partial charge in [-0.1, -0.05) is 12.1 Å². The Morgan fingerprint density at radius 3 is 2.42 bits per heavy atom. The van der Waals surface area contributed by atoms with Gasteiger partial charge >= 0.3 is 0 Å². The first-order valence-electron chi connectivity index (χ1n) is 11.0. The number of rotatable bonds is 9. The third-order valence-corrected chi connectivity index (χ3v) is 6.62. The van der Waals surface area contributed by atoms with E-state index >= 15 is 0 Å². The first-order chi connectivity index (χ1) is 14.9. The van der Waals surface area contributed by atoms with E-state index in [2.05, 4.69) is 28.5 Å². The average molecular weight is 447 g/mol. The SMILES string of the molecule is CCNC(=NCC(c1ccc(C)o1)N1CCCC1)NCCc1ccc(S(C)(=O)=O)cc1. The molecule has 1 aromatic carbocycles. The lowest BCUT2D eigenvalue weighted by Crippen LogP contribution is -2.39. The van der Waals surface area contributed by atoms with Crippen molar-refractivity contribution in [1.82, 2.24) is 15.5 Å². The van der Waals surface area contributed by atoms with E-state index in [1.165, 1.54) is 19.1 Å². The van der Waals surface area contributed by atoms with Crippen molar-refractivity contribution < 1.29 is 12.8 Å². The van der Waals surface area contributed by atoms with E-state index in [1.54, 1.807) is 12.1 Å². The Balaban J connectivity index is 1.60. The fraction of sp³-hybridized carbons (Fsp3) is 0.522. The van der Waals surface area contributed by atoms with Crippen LogP contribution in [0.1, 0.15) is 42.9 Å². The fourth-order valence-corrected chi connectivity index (χ4v) is 4.45. The summed E-state index contributed by atoms with van der Waals surface area (Å²) in [5.74, 6) is 2.68. The molecule has 1 aliphatic heterocycles. The number of likely N-dealkylation sites (tertiary alicyclic amines) is 1. The molecule has 0 aliphatic carbocycles. The number of benzene rings is 1. The van der Waals surface area contributed by atoms with Crippen molar-refractivity contribution in [3.8, 4) is 0 Å². The van der Waals surface area contributed by atoms with Crippen LogP contribution in [-0.4, -0.2) is 58.3 Å². The standard InChI is InChI=1S/C23H34N4O3S/c1-4-24-23(25-14-13-19-8-10-20(11-9-19)31(3,28)29)26-17-21(27-15-5-6-16-27)22-12-7-18(2)30-22/h7-12,21H,4-6,13-17H2,1-3H3,(H2,24,25,26). The molecular formula is C23H34N4O3S. The topological polar surface area (TPSA) is 86.9 Å². The van der Waals surface area contributed by atoms with Crippen molar-refractivity contribution in [3.63, 3.8) is 0 Å². The maximum Gasteiger partial charge on any atom is 0.191 e. The Bertz CT molecular complexity index is 961. The van der Waals surface area contributed by atoms with E-state index in [1.807, 2.05) is 25.1 Å². The maximum absolute atomic E-state index is 11.6. The van der Waals surface area contributed by atoms with Gasteiger partial charge in [0.15, 0.2) is 15.8 Å². The highest BCUT2D eigenvalue weighted by atomic mass is 32.2. The van der Waals surface area contributed by atoms with Crippen LogP contribution in [0.15, 0.2) is 50.7 Å². The molecule has 1 aliphatic rings. The summed E-state index contributed by atoms with van der Waals surface area (Å²) in [6.07, 6.45) is 4.44. The van der Waals surface area contributed by atoms with Crippen molar-refractivity contribution >= 4 is 15.8 Å². The molecule has 1 fully saturated rings. The minimum atomic E-state index is -3.16. The number of guanidine groups is 1. The zero-order valence-corrected chi connectivity index (χ0v) is 19.5. The first kappa shape index (κ1) is 23.3. The van der Waals surface area contributed by atoms with Gasteiger partial charge in [0.25, 0.3) is 0 Å². The van der Waals surface area contributed by atoms with Gasteiger partial charge in [0, 0.05) is 19.3 Å². The lowest BCUT2D eigenvalue weighted by molar-refractivity contribution is 0.219. The third kappa shape index (κ3) is 6.83. The molecule has 2 N–H and O–H groups in total. The van der Waals surface area contributed by atoms with Crippen LogP contribution < -0.4 is 10.6 Å². The molecule has 0 bridgehead atoms. The number of hydrogen-bond acceptors (Lipinski definition) is 5. The first-order valence-corrected chi connectivity index (χ1v) is 12.9. The number of sulfone groups is 1. The molecule has 3 rings (SSSR count). The maximum atomic E-state index is 11.6. The minimum absolute atomic E-state index is 0.148. The van der Waals surface area contributed by atoms with Gasteiger partial charge in [-0.15, -0.1) is 0 Å². The van der Waals surface area contributed by atoms with Gasteiger partial charge in [-0.3, -0.25) is 9.89 Å². The lowest BCUT2D eigenvalue weighted by Gasteiger charge is -2.24. The molecule has 0 spiro atoms. The summed E-state index contributed by atoms with van der Waals surface area (Å²) in [6, 6.07) is 11.3. The lowest BCUT2D eigenvalue weighted by atomic mass is 10.1. The van der Waals surface area contributed by atoms with Crippen LogP contribution in [-0.2, 0) is 16.3 Å². The molecule has 0 radical (unpaired) electrons. The van der Waals surface area contributed by atoms with E-state index in [9.17, 15) is 8.42 Å². The molecule has 1 unspecified atom stereocenters. The Kier molecular flexibility index (Phi) is 8.15. The summed E-state index contributed by atoms with van der Waals surface area (Å²) < 4.78 is 29.1. The number of aryl methyl sites for hydroxylation is 1. The second-order valence-electron chi connectivity index (χ2n) is 8.02. The van der Waals surface area contributed by atoms with Gasteiger partial charge < -0.3 is 15.1 Å². The number of nitrogens with one attached hydrogen (secondary N) is 2. The molecular weight excluding hydrogens is 412 g/mol. The smallest absolute Gasteiger partial charge is 0.191 e. The van der Waals surface area contributed by atoms with Crippen molar-refractivity contribution in [2.75, 3.05) is 39.0 Å². The van der Waals surface area contributed by atoms with Crippen LogP contribution in [0.25, 0.3) is 0 Å². The van der Waals surface area contributed by atoms with Gasteiger partial charge in [-0.25, -0.2) is 8.42 Å². The zero-order valence-electron chi connectivity index (χ0n) is 18.7. The van der Waals surface area contributed by atoms with Crippen LogP contribution in [0, 0.1) is 6.92 Å². The molecule has 0 saturated carbocycles. The zero-order chi connectivity index (χ0) is 22.3. The van der Waals surface area contributed by atoms with Crippen molar-refractivity contribution in [2.45, 2.75) is 44.0 Å². The molecule has 2 heterocycles. The second kappa shape index (κ2) is 10.8. The van der Waals surface area contributed by atoms with E-state index in [-0.39, 0.29) is 6.04 Å². The molecule has 0 amide bonds. The van der Waals surface area contributed by atoms with Crippen LogP contribution in [0.3, 0.4) is 0 Å². The Morgan fingerprint density at radius 1 is 1.13 bits per heavy atom. The number of nitrogens with zero attached hydrogens (tertiary/aromatic N) is 2. The van der Waals surface area contributed by atoms with Crippen LogP contribution in [0.2, 0.25) is 0 Å². The predicted molar refractivity (Wildman–Crippen MR) is 124 cm³/mol. The monoisotopic (exact) mass is 446 g/mol. The molecule has 2 aromatic rings. The molecule has 31 heavy (non-hydrogen) atoms. The normalized spacial score (nSPS) is 16.4. The fourth-order valence-electron chi connectivity index (χ4n) is 3.82. The van der Waals surface area contributed by atoms with Crippen molar-refractivity contribution in [1.29, 1.82) is 0 Å². The highest BCUT2D eigenvalue weighted by Gasteiger charge is 2.25. The molecule has 170 valence electrons. The van der Waals surface area contributed by atoms with Gasteiger partial charge in [0.2, 0.25) is 0 Å². The highest BCUT2D eigenvalue weighted by molar-refractivity contribution is 7.90. The van der Waals surface area contributed by atoms with E-state index in [0.717, 1.165) is 49.1 Å². The second-order valence-corrected chi connectivity index (χ2v) is 10.0. The van der Waals surface area contributed by atoms with Crippen molar-refractivity contribution in [2.24, 2.45) is 4.99 Å². The summed E-state index contributed by atoms with van der Waals surface area (Å²) in [4.78, 5) is 7.64. The quantitative estimate of drug-likeness (QED) is 0.455. The summed E-state index contributed by atoms with van der Waals surface area (Å²) in [6.45, 7) is 8.30. The Morgan fingerprint density at radius 2 is 1.84 bits per heavy atom. The molecule has 1 aromatic heterocycles. The summed E-state index contributed by atoms with van der Waals surface area (Å²) in [5, 5.41) is 6.70. The third-order valence-electron chi connectivity index (χ3n) is 5.50. The predicted octanol–water partition coefficient (Wildman–Crippen LogP) is 2.93.